The number of hydrogen-bond donors (Lipinski definition) is 2. The van der Waals surface area contributed by atoms with Gasteiger partial charge in [0.25, 0.3) is 5.91 Å². The standard InChI is InChI=1S/C19H22N2O4S2/c1-13-5-6-14(26-2)11-16(13)19(23)20-17-12-15(7-8-18(17)22)27(24,25)21-9-3-4-10-21/h5-8,11-12,22H,3-4,9-10H2,1-2H3,(H,20,23). The van der Waals surface area contributed by atoms with Crippen LogP contribution in [0.25, 0.3) is 0 Å². The van der Waals surface area contributed by atoms with E-state index in [1.807, 2.05) is 25.3 Å². The maximum atomic E-state index is 12.7. The number of nitrogens with one attached hydrogen (secondary N) is 1. The molecule has 1 amide bonds. The van der Waals surface area contributed by atoms with Crippen LogP contribution in [0.1, 0.15) is 28.8 Å². The molecule has 0 saturated carbocycles. The number of carbonyl (C=O) groups is 1. The Morgan fingerprint density at radius 3 is 2.52 bits per heavy atom. The number of carbonyl (C=O) groups excluding carboxylic acids is 1. The molecule has 1 aliphatic rings. The number of phenols is 1. The smallest absolute Gasteiger partial charge is 0.256 e. The molecule has 2 aromatic carbocycles. The second kappa shape index (κ2) is 7.92. The van der Waals surface area contributed by atoms with Gasteiger partial charge in [0.2, 0.25) is 10.0 Å². The second-order valence-corrected chi connectivity index (χ2v) is 9.24. The molecule has 1 saturated heterocycles. The third-order valence-corrected chi connectivity index (χ3v) is 7.23. The maximum Gasteiger partial charge on any atom is 0.256 e. The first-order valence-electron chi connectivity index (χ1n) is 8.62. The van der Waals surface area contributed by atoms with Gasteiger partial charge in [0.15, 0.2) is 0 Å². The topological polar surface area (TPSA) is 86.7 Å². The third-order valence-electron chi connectivity index (χ3n) is 4.61. The lowest BCUT2D eigenvalue weighted by Gasteiger charge is -2.17. The maximum absolute atomic E-state index is 12.7. The van der Waals surface area contributed by atoms with E-state index in [1.165, 1.54) is 34.3 Å². The summed E-state index contributed by atoms with van der Waals surface area (Å²) >= 11 is 1.52. The van der Waals surface area contributed by atoms with Crippen molar-refractivity contribution in [3.8, 4) is 5.75 Å². The van der Waals surface area contributed by atoms with Gasteiger partial charge in [0.1, 0.15) is 5.75 Å². The minimum Gasteiger partial charge on any atom is -0.506 e. The molecular formula is C19H22N2O4S2. The summed E-state index contributed by atoms with van der Waals surface area (Å²) in [4.78, 5) is 13.7. The van der Waals surface area contributed by atoms with E-state index in [0.717, 1.165) is 23.3 Å². The molecular weight excluding hydrogens is 384 g/mol. The van der Waals surface area contributed by atoms with E-state index < -0.39 is 15.9 Å². The molecule has 1 aliphatic heterocycles. The van der Waals surface area contributed by atoms with Crippen molar-refractivity contribution in [3.05, 3.63) is 47.5 Å². The van der Waals surface area contributed by atoms with Crippen LogP contribution in [0, 0.1) is 6.92 Å². The van der Waals surface area contributed by atoms with Crippen molar-refractivity contribution in [2.24, 2.45) is 0 Å². The van der Waals surface area contributed by atoms with Crippen LogP contribution in [-0.2, 0) is 10.0 Å². The van der Waals surface area contributed by atoms with Crippen LogP contribution in [0.5, 0.6) is 5.75 Å². The fourth-order valence-corrected chi connectivity index (χ4v) is 5.00. The highest BCUT2D eigenvalue weighted by Crippen LogP contribution is 2.30. The zero-order valence-corrected chi connectivity index (χ0v) is 16.9. The molecule has 0 spiro atoms. The zero-order chi connectivity index (χ0) is 19.6. The van der Waals surface area contributed by atoms with Crippen LogP contribution >= 0.6 is 11.8 Å². The Kier molecular flexibility index (Phi) is 5.78. The zero-order valence-electron chi connectivity index (χ0n) is 15.2. The molecule has 0 atom stereocenters. The second-order valence-electron chi connectivity index (χ2n) is 6.43. The predicted molar refractivity (Wildman–Crippen MR) is 107 cm³/mol. The van der Waals surface area contributed by atoms with Crippen molar-refractivity contribution in [3.63, 3.8) is 0 Å². The van der Waals surface area contributed by atoms with Gasteiger partial charge in [-0.1, -0.05) is 6.07 Å². The molecule has 0 radical (unpaired) electrons. The number of amides is 1. The molecule has 0 aromatic heterocycles. The Balaban J connectivity index is 1.90. The van der Waals surface area contributed by atoms with Crippen molar-refractivity contribution in [1.82, 2.24) is 4.31 Å². The summed E-state index contributed by atoms with van der Waals surface area (Å²) in [5.74, 6) is -0.572. The van der Waals surface area contributed by atoms with Crippen LogP contribution in [0.3, 0.4) is 0 Å². The summed E-state index contributed by atoms with van der Waals surface area (Å²) in [6, 6.07) is 9.53. The summed E-state index contributed by atoms with van der Waals surface area (Å²) in [6.07, 6.45) is 3.60. The molecule has 6 nitrogen and oxygen atoms in total. The third kappa shape index (κ3) is 4.12. The predicted octanol–water partition coefficient (Wildman–Crippen LogP) is 3.46. The van der Waals surface area contributed by atoms with E-state index in [-0.39, 0.29) is 16.3 Å². The highest BCUT2D eigenvalue weighted by molar-refractivity contribution is 7.98. The van der Waals surface area contributed by atoms with Crippen molar-refractivity contribution in [1.29, 1.82) is 0 Å². The fourth-order valence-electron chi connectivity index (χ4n) is 3.02. The molecule has 1 heterocycles. The van der Waals surface area contributed by atoms with Crippen LogP contribution in [0.2, 0.25) is 0 Å². The van der Waals surface area contributed by atoms with Crippen LogP contribution < -0.4 is 5.32 Å². The summed E-state index contributed by atoms with van der Waals surface area (Å²) in [7, 11) is -3.63. The molecule has 0 aliphatic carbocycles. The molecule has 27 heavy (non-hydrogen) atoms. The first kappa shape index (κ1) is 19.7. The fraction of sp³-hybridized carbons (Fsp3) is 0.316. The average molecular weight is 407 g/mol. The van der Waals surface area contributed by atoms with Gasteiger partial charge in [0, 0.05) is 23.5 Å². The summed E-state index contributed by atoms with van der Waals surface area (Å²) < 4.78 is 26.9. The van der Waals surface area contributed by atoms with Crippen molar-refractivity contribution in [2.75, 3.05) is 24.7 Å². The summed E-state index contributed by atoms with van der Waals surface area (Å²) in [6.45, 7) is 2.81. The molecule has 1 fully saturated rings. The van der Waals surface area contributed by atoms with Gasteiger partial charge in [0.05, 0.1) is 10.6 Å². The number of hydrogen-bond acceptors (Lipinski definition) is 5. The average Bonchev–Trinajstić information content (AvgIpc) is 3.19. The Labute approximate surface area is 163 Å². The normalized spacial score (nSPS) is 15.0. The molecule has 0 unspecified atom stereocenters. The molecule has 3 rings (SSSR count). The SMILES string of the molecule is CSc1ccc(C)c(C(=O)Nc2cc(S(=O)(=O)N3CCCC3)ccc2O)c1. The van der Waals surface area contributed by atoms with Crippen molar-refractivity contribution >= 4 is 33.4 Å². The van der Waals surface area contributed by atoms with Gasteiger partial charge in [-0.25, -0.2) is 8.42 Å². The Morgan fingerprint density at radius 2 is 1.85 bits per heavy atom. The van der Waals surface area contributed by atoms with E-state index in [0.29, 0.717) is 18.7 Å². The summed E-state index contributed by atoms with van der Waals surface area (Å²) in [5.41, 5.74) is 1.36. The molecule has 144 valence electrons. The molecule has 8 heteroatoms. The Hall–Kier alpha value is -2.03. The summed E-state index contributed by atoms with van der Waals surface area (Å²) in [5, 5.41) is 12.7. The Morgan fingerprint density at radius 1 is 1.15 bits per heavy atom. The van der Waals surface area contributed by atoms with Crippen LogP contribution in [0.15, 0.2) is 46.2 Å². The molecule has 2 N–H and O–H groups in total. The highest BCUT2D eigenvalue weighted by atomic mass is 32.2. The minimum absolute atomic E-state index is 0.0621. The van der Waals surface area contributed by atoms with E-state index >= 15 is 0 Å². The monoisotopic (exact) mass is 406 g/mol. The minimum atomic E-state index is -3.63. The number of sulfonamides is 1. The van der Waals surface area contributed by atoms with Gasteiger partial charge in [-0.3, -0.25) is 4.79 Å². The Bertz CT molecular complexity index is 968. The lowest BCUT2D eigenvalue weighted by molar-refractivity contribution is 0.102. The lowest BCUT2D eigenvalue weighted by Crippen LogP contribution is -2.28. The van der Waals surface area contributed by atoms with Crippen LogP contribution in [0.4, 0.5) is 5.69 Å². The van der Waals surface area contributed by atoms with Crippen LogP contribution in [-0.4, -0.2) is 43.1 Å². The first-order chi connectivity index (χ1) is 12.8. The molecule has 0 bridgehead atoms. The van der Waals surface area contributed by atoms with E-state index in [2.05, 4.69) is 5.32 Å². The number of thioether (sulfide) groups is 1. The number of nitrogens with zero attached hydrogens (tertiary/aromatic N) is 1. The quantitative estimate of drug-likeness (QED) is 0.587. The lowest BCUT2D eigenvalue weighted by atomic mass is 10.1. The number of aromatic hydroxyl groups is 1. The van der Waals surface area contributed by atoms with Gasteiger partial charge in [-0.05, 0) is 61.9 Å². The van der Waals surface area contributed by atoms with Gasteiger partial charge in [-0.15, -0.1) is 11.8 Å². The van der Waals surface area contributed by atoms with Crippen molar-refractivity contribution < 1.29 is 18.3 Å². The number of aryl methyl sites for hydroxylation is 1. The van der Waals surface area contributed by atoms with E-state index in [9.17, 15) is 18.3 Å². The van der Waals surface area contributed by atoms with Gasteiger partial charge < -0.3 is 10.4 Å². The highest BCUT2D eigenvalue weighted by Gasteiger charge is 2.28. The number of phenolic OH excluding ortho intramolecular Hbond substituents is 1. The number of benzene rings is 2. The van der Waals surface area contributed by atoms with Crippen molar-refractivity contribution in [2.45, 2.75) is 29.6 Å². The van der Waals surface area contributed by atoms with Gasteiger partial charge in [-0.2, -0.15) is 4.31 Å². The van der Waals surface area contributed by atoms with E-state index in [1.54, 1.807) is 6.07 Å². The van der Waals surface area contributed by atoms with Gasteiger partial charge >= 0.3 is 0 Å². The molecule has 2 aromatic rings. The number of rotatable bonds is 5. The van der Waals surface area contributed by atoms with E-state index in [4.69, 9.17) is 0 Å². The number of anilines is 1. The largest absolute Gasteiger partial charge is 0.506 e. The first-order valence-corrected chi connectivity index (χ1v) is 11.3.